The Balaban J connectivity index is 2.54. The van der Waals surface area contributed by atoms with Crippen LogP contribution in [0.1, 0.15) is 17.2 Å². The Morgan fingerprint density at radius 3 is 2.38 bits per heavy atom. The lowest BCUT2D eigenvalue weighted by atomic mass is 10.1. The van der Waals surface area contributed by atoms with Gasteiger partial charge in [0.1, 0.15) is 11.6 Å². The van der Waals surface area contributed by atoms with Gasteiger partial charge in [-0.1, -0.05) is 23.8 Å². The molecule has 0 aromatic heterocycles. The number of allylic oxidation sites excluding steroid dienone is 1. The molecule has 2 aromatic carbocycles. The van der Waals surface area contributed by atoms with Crippen molar-refractivity contribution in [3.8, 4) is 0 Å². The Labute approximate surface area is 144 Å². The highest BCUT2D eigenvalue weighted by Crippen LogP contribution is 2.34. The van der Waals surface area contributed by atoms with Crippen LogP contribution >= 0.6 is 11.6 Å². The number of hydrogen-bond acceptors (Lipinski definition) is 3. The second-order valence-electron chi connectivity index (χ2n) is 5.04. The zero-order valence-electron chi connectivity index (χ0n) is 12.5. The molecule has 24 heavy (non-hydrogen) atoms. The number of aliphatic hydroxyl groups is 1. The normalized spacial score (nSPS) is 13.3. The molecule has 0 fully saturated rings. The minimum absolute atomic E-state index is 0.0436. The lowest BCUT2D eigenvalue weighted by molar-refractivity contribution is 0.342. The maximum atomic E-state index is 14.1. The van der Waals surface area contributed by atoms with E-state index in [0.717, 1.165) is 18.2 Å². The van der Waals surface area contributed by atoms with E-state index in [-0.39, 0.29) is 23.5 Å². The van der Waals surface area contributed by atoms with Crippen LogP contribution in [0, 0.1) is 11.6 Å². The average Bonchev–Trinajstić information content (AvgIpc) is 2.54. The summed E-state index contributed by atoms with van der Waals surface area (Å²) in [5, 5.41) is 7.86. The van der Waals surface area contributed by atoms with E-state index in [1.807, 2.05) is 0 Å². The molecular formula is C17H15ClF2O3S. The molecule has 0 amide bonds. The summed E-state index contributed by atoms with van der Waals surface area (Å²) in [5.41, 5.74) is -0.257. The smallest absolute Gasteiger partial charge is 0.185 e. The van der Waals surface area contributed by atoms with Gasteiger partial charge in [-0.15, -0.1) is 0 Å². The van der Waals surface area contributed by atoms with Crippen LogP contribution in [0.2, 0.25) is 5.02 Å². The number of rotatable bonds is 6. The largest absolute Gasteiger partial charge is 0.392 e. The Bertz CT molecular complexity index is 833. The molecule has 0 aliphatic rings. The van der Waals surface area contributed by atoms with Gasteiger partial charge in [0.15, 0.2) is 9.84 Å². The molecule has 2 aromatic rings. The third-order valence-electron chi connectivity index (χ3n) is 3.44. The van der Waals surface area contributed by atoms with Crippen molar-refractivity contribution in [1.29, 1.82) is 0 Å². The van der Waals surface area contributed by atoms with Gasteiger partial charge < -0.3 is 5.11 Å². The van der Waals surface area contributed by atoms with Crippen LogP contribution in [-0.2, 0) is 9.84 Å². The minimum Gasteiger partial charge on any atom is -0.392 e. The lowest BCUT2D eigenvalue weighted by Crippen LogP contribution is -2.15. The van der Waals surface area contributed by atoms with Gasteiger partial charge in [-0.05, 0) is 48.9 Å². The highest BCUT2D eigenvalue weighted by molar-refractivity contribution is 7.91. The number of hydrogen-bond donors (Lipinski definition) is 1. The predicted molar refractivity (Wildman–Crippen MR) is 88.6 cm³/mol. The van der Waals surface area contributed by atoms with E-state index >= 15 is 0 Å². The molecule has 1 atom stereocenters. The Hall–Kier alpha value is -1.76. The molecule has 2 rings (SSSR count). The molecule has 3 nitrogen and oxygen atoms in total. The van der Waals surface area contributed by atoms with Crippen LogP contribution in [0.4, 0.5) is 8.78 Å². The molecule has 0 saturated carbocycles. The van der Waals surface area contributed by atoms with Gasteiger partial charge in [0, 0.05) is 10.6 Å². The van der Waals surface area contributed by atoms with E-state index < -0.39 is 26.7 Å². The SMILES string of the molecule is O=S(=O)(c1ccc(Cl)cc1)C(CC=CCO)c1cc(F)ccc1F. The number of sulfone groups is 1. The summed E-state index contributed by atoms with van der Waals surface area (Å²) < 4.78 is 53.4. The Kier molecular flexibility index (Phi) is 6.10. The zero-order valence-corrected chi connectivity index (χ0v) is 14.1. The van der Waals surface area contributed by atoms with Crippen molar-refractivity contribution >= 4 is 21.4 Å². The standard InChI is InChI=1S/C17H15ClF2O3S/c18-12-4-7-14(8-5-12)24(22,23)17(3-1-2-10-21)15-11-13(19)6-9-16(15)20/h1-2,4-9,11,17,21H,3,10H2. The van der Waals surface area contributed by atoms with Gasteiger partial charge in [0.2, 0.25) is 0 Å². The fraction of sp³-hybridized carbons (Fsp3) is 0.176. The second-order valence-corrected chi connectivity index (χ2v) is 7.61. The van der Waals surface area contributed by atoms with Crippen LogP contribution in [0.3, 0.4) is 0 Å². The lowest BCUT2D eigenvalue weighted by Gasteiger charge is -2.18. The molecule has 0 bridgehead atoms. The Morgan fingerprint density at radius 2 is 1.75 bits per heavy atom. The van der Waals surface area contributed by atoms with Gasteiger partial charge in [-0.2, -0.15) is 0 Å². The average molecular weight is 373 g/mol. The summed E-state index contributed by atoms with van der Waals surface area (Å²) in [5.74, 6) is -1.54. The Morgan fingerprint density at radius 1 is 1.08 bits per heavy atom. The van der Waals surface area contributed by atoms with E-state index in [9.17, 15) is 17.2 Å². The number of aliphatic hydroxyl groups excluding tert-OH is 1. The molecule has 7 heteroatoms. The van der Waals surface area contributed by atoms with Crippen molar-refractivity contribution in [3.05, 3.63) is 76.8 Å². The molecule has 0 heterocycles. The molecule has 0 spiro atoms. The molecule has 0 aliphatic heterocycles. The number of benzene rings is 2. The van der Waals surface area contributed by atoms with Crippen LogP contribution in [0.5, 0.6) is 0 Å². The third-order valence-corrected chi connectivity index (χ3v) is 5.82. The maximum absolute atomic E-state index is 14.1. The highest BCUT2D eigenvalue weighted by Gasteiger charge is 2.30. The summed E-state index contributed by atoms with van der Waals surface area (Å²) in [6.07, 6.45) is 2.66. The molecule has 0 saturated heterocycles. The molecule has 1 N–H and O–H groups in total. The van der Waals surface area contributed by atoms with Gasteiger partial charge >= 0.3 is 0 Å². The topological polar surface area (TPSA) is 54.4 Å². The molecule has 128 valence electrons. The van der Waals surface area contributed by atoms with Gasteiger partial charge in [-0.3, -0.25) is 0 Å². The van der Waals surface area contributed by atoms with Crippen molar-refractivity contribution < 1.29 is 22.3 Å². The summed E-state index contributed by atoms with van der Waals surface area (Å²) in [4.78, 5) is -0.0436. The van der Waals surface area contributed by atoms with Crippen LogP contribution in [0.25, 0.3) is 0 Å². The van der Waals surface area contributed by atoms with E-state index in [2.05, 4.69) is 0 Å². The predicted octanol–water partition coefficient (Wildman–Crippen LogP) is 4.07. The van der Waals surface area contributed by atoms with Crippen LogP contribution in [-0.4, -0.2) is 20.1 Å². The van der Waals surface area contributed by atoms with Crippen LogP contribution in [0.15, 0.2) is 59.5 Å². The summed E-state index contributed by atoms with van der Waals surface area (Å²) in [6.45, 7) is -0.278. The minimum atomic E-state index is -3.99. The van der Waals surface area contributed by atoms with Crippen molar-refractivity contribution in [2.75, 3.05) is 6.61 Å². The molecule has 0 aliphatic carbocycles. The van der Waals surface area contributed by atoms with Crippen molar-refractivity contribution in [3.63, 3.8) is 0 Å². The van der Waals surface area contributed by atoms with Crippen molar-refractivity contribution in [1.82, 2.24) is 0 Å². The summed E-state index contributed by atoms with van der Waals surface area (Å²) in [7, 11) is -3.99. The summed E-state index contributed by atoms with van der Waals surface area (Å²) in [6, 6.07) is 8.16. The van der Waals surface area contributed by atoms with Crippen molar-refractivity contribution in [2.45, 2.75) is 16.6 Å². The van der Waals surface area contributed by atoms with Gasteiger partial charge in [0.25, 0.3) is 0 Å². The molecule has 1 unspecified atom stereocenters. The molecule has 0 radical (unpaired) electrons. The monoisotopic (exact) mass is 372 g/mol. The number of halogens is 3. The van der Waals surface area contributed by atoms with Crippen molar-refractivity contribution in [2.24, 2.45) is 0 Å². The first-order valence-corrected chi connectivity index (χ1v) is 8.99. The summed E-state index contributed by atoms with van der Waals surface area (Å²) >= 11 is 5.76. The van der Waals surface area contributed by atoms with E-state index in [0.29, 0.717) is 5.02 Å². The molecular weight excluding hydrogens is 358 g/mol. The van der Waals surface area contributed by atoms with Crippen LogP contribution < -0.4 is 0 Å². The van der Waals surface area contributed by atoms with Gasteiger partial charge in [-0.25, -0.2) is 17.2 Å². The fourth-order valence-corrected chi connectivity index (χ4v) is 4.11. The van der Waals surface area contributed by atoms with Gasteiger partial charge in [0.05, 0.1) is 16.8 Å². The zero-order chi connectivity index (χ0) is 17.7. The third kappa shape index (κ3) is 4.20. The maximum Gasteiger partial charge on any atom is 0.185 e. The first kappa shape index (κ1) is 18.6. The highest BCUT2D eigenvalue weighted by atomic mass is 35.5. The first-order valence-electron chi connectivity index (χ1n) is 7.06. The fourth-order valence-electron chi connectivity index (χ4n) is 2.27. The second kappa shape index (κ2) is 7.88. The first-order chi connectivity index (χ1) is 11.4. The quantitative estimate of drug-likeness (QED) is 0.777. The van der Waals surface area contributed by atoms with E-state index in [4.69, 9.17) is 16.7 Å². The van der Waals surface area contributed by atoms with E-state index in [1.54, 1.807) is 0 Å². The van der Waals surface area contributed by atoms with E-state index in [1.165, 1.54) is 36.4 Å².